The summed E-state index contributed by atoms with van der Waals surface area (Å²) < 4.78 is 0. The van der Waals surface area contributed by atoms with E-state index in [-0.39, 0.29) is 6.04 Å². The van der Waals surface area contributed by atoms with Gasteiger partial charge in [-0.15, -0.1) is 0 Å². The number of nitrogens with zero attached hydrogens (tertiary/aromatic N) is 1. The highest BCUT2D eigenvalue weighted by Gasteiger charge is 2.30. The minimum absolute atomic E-state index is 0.00694. The first-order valence-corrected chi connectivity index (χ1v) is 2.49. The van der Waals surface area contributed by atoms with Crippen molar-refractivity contribution in [3.8, 4) is 0 Å². The number of primary amides is 1. The van der Waals surface area contributed by atoms with Gasteiger partial charge in [0.05, 0.1) is 6.04 Å². The van der Waals surface area contributed by atoms with E-state index in [4.69, 9.17) is 10.9 Å². The number of hydrogen-bond acceptors (Lipinski definition) is 2. The fourth-order valence-corrected chi connectivity index (χ4v) is 0.499. The zero-order valence-electron chi connectivity index (χ0n) is 4.37. The van der Waals surface area contributed by atoms with Crippen molar-refractivity contribution in [2.45, 2.75) is 18.9 Å². The number of rotatable bonds is 1. The Morgan fingerprint density at radius 2 is 2.25 bits per heavy atom. The number of nitrogens with two attached hydrogens (primary N) is 1. The number of amides is 2. The number of carbonyl (C=O) groups is 1. The van der Waals surface area contributed by atoms with Crippen molar-refractivity contribution < 1.29 is 10.0 Å². The smallest absolute Gasteiger partial charge is 0.338 e. The largest absolute Gasteiger partial charge is 0.350 e. The number of urea groups is 1. The molecule has 0 aromatic rings. The topological polar surface area (TPSA) is 66.6 Å². The molecule has 0 saturated heterocycles. The molecule has 0 aromatic carbocycles. The van der Waals surface area contributed by atoms with Crippen LogP contribution in [0.4, 0.5) is 4.79 Å². The zero-order valence-corrected chi connectivity index (χ0v) is 4.37. The molecule has 0 heterocycles. The Morgan fingerprint density at radius 3 is 2.38 bits per heavy atom. The number of carbonyl (C=O) groups excluding carboxylic acids is 1. The van der Waals surface area contributed by atoms with E-state index < -0.39 is 6.03 Å². The highest BCUT2D eigenvalue weighted by Crippen LogP contribution is 2.24. The molecule has 1 rings (SSSR count). The van der Waals surface area contributed by atoms with Crippen LogP contribution in [0.1, 0.15) is 12.8 Å². The van der Waals surface area contributed by atoms with Crippen LogP contribution >= 0.6 is 0 Å². The highest BCUT2D eigenvalue weighted by atomic mass is 16.5. The summed E-state index contributed by atoms with van der Waals surface area (Å²) in [4.78, 5) is 10.1. The maximum atomic E-state index is 10.1. The van der Waals surface area contributed by atoms with Crippen LogP contribution in [0.25, 0.3) is 0 Å². The molecule has 1 fully saturated rings. The molecule has 1 saturated carbocycles. The second-order valence-electron chi connectivity index (χ2n) is 1.91. The fraction of sp³-hybridized carbons (Fsp3) is 0.750. The summed E-state index contributed by atoms with van der Waals surface area (Å²) in [6.07, 6.45) is 1.75. The molecule has 0 atom stereocenters. The lowest BCUT2D eigenvalue weighted by molar-refractivity contribution is -0.0471. The molecule has 0 bridgehead atoms. The summed E-state index contributed by atoms with van der Waals surface area (Å²) in [6, 6.07) is -0.750. The van der Waals surface area contributed by atoms with Gasteiger partial charge in [0.15, 0.2) is 0 Å². The number of hydrogen-bond donors (Lipinski definition) is 2. The van der Waals surface area contributed by atoms with Crippen LogP contribution in [0, 0.1) is 0 Å². The maximum absolute atomic E-state index is 10.1. The van der Waals surface area contributed by atoms with Crippen LogP contribution in [0.5, 0.6) is 0 Å². The molecule has 3 N–H and O–H groups in total. The van der Waals surface area contributed by atoms with E-state index >= 15 is 0 Å². The van der Waals surface area contributed by atoms with Gasteiger partial charge >= 0.3 is 6.03 Å². The van der Waals surface area contributed by atoms with Crippen LogP contribution < -0.4 is 5.73 Å². The average Bonchev–Trinajstić information content (AvgIpc) is 2.43. The minimum Gasteiger partial charge on any atom is -0.350 e. The molecular weight excluding hydrogens is 108 g/mol. The van der Waals surface area contributed by atoms with Gasteiger partial charge in [-0.1, -0.05) is 0 Å². The second-order valence-corrected chi connectivity index (χ2v) is 1.91. The van der Waals surface area contributed by atoms with Gasteiger partial charge in [0.1, 0.15) is 0 Å². The van der Waals surface area contributed by atoms with Gasteiger partial charge in [-0.25, -0.2) is 9.86 Å². The van der Waals surface area contributed by atoms with Crippen molar-refractivity contribution in [1.82, 2.24) is 5.06 Å². The minimum atomic E-state index is -0.757. The van der Waals surface area contributed by atoms with Gasteiger partial charge < -0.3 is 5.73 Å². The molecule has 0 radical (unpaired) electrons. The maximum Gasteiger partial charge on any atom is 0.338 e. The van der Waals surface area contributed by atoms with Crippen LogP contribution in [0.3, 0.4) is 0 Å². The molecule has 1 aliphatic rings. The highest BCUT2D eigenvalue weighted by molar-refractivity contribution is 5.71. The molecule has 0 aliphatic heterocycles. The van der Waals surface area contributed by atoms with E-state index in [1.807, 2.05) is 0 Å². The first-order chi connectivity index (χ1) is 3.72. The molecule has 4 heteroatoms. The predicted molar refractivity (Wildman–Crippen MR) is 26.2 cm³/mol. The standard InChI is InChI=1S/C4H8N2O2/c5-4(7)6(8)3-1-2-3/h3,8H,1-2H2,(H2,5,7). The van der Waals surface area contributed by atoms with Crippen molar-refractivity contribution in [3.05, 3.63) is 0 Å². The lowest BCUT2D eigenvalue weighted by atomic mass is 10.7. The monoisotopic (exact) mass is 116 g/mol. The Bertz CT molecular complexity index is 111. The predicted octanol–water partition coefficient (Wildman–Crippen LogP) is -0.0813. The van der Waals surface area contributed by atoms with E-state index in [9.17, 15) is 4.79 Å². The van der Waals surface area contributed by atoms with Crippen molar-refractivity contribution >= 4 is 6.03 Å². The summed E-state index contributed by atoms with van der Waals surface area (Å²) in [5, 5.41) is 9.21. The molecular formula is C4H8N2O2. The van der Waals surface area contributed by atoms with Gasteiger partial charge in [0.2, 0.25) is 0 Å². The Kier molecular flexibility index (Phi) is 1.09. The van der Waals surface area contributed by atoms with Crippen molar-refractivity contribution in [2.75, 3.05) is 0 Å². The third kappa shape index (κ3) is 0.894. The van der Waals surface area contributed by atoms with E-state index in [1.54, 1.807) is 0 Å². The first kappa shape index (κ1) is 5.37. The molecule has 0 aromatic heterocycles. The van der Waals surface area contributed by atoms with Crippen LogP contribution in [-0.4, -0.2) is 22.3 Å². The SMILES string of the molecule is NC(=O)N(O)C1CC1. The van der Waals surface area contributed by atoms with Crippen molar-refractivity contribution in [1.29, 1.82) is 0 Å². The quantitative estimate of drug-likeness (QED) is 0.371. The summed E-state index contributed by atoms with van der Waals surface area (Å²) in [5.41, 5.74) is 4.71. The molecule has 2 amide bonds. The third-order valence-corrected chi connectivity index (χ3v) is 1.12. The van der Waals surface area contributed by atoms with Gasteiger partial charge in [0.25, 0.3) is 0 Å². The molecule has 46 valence electrons. The number of hydroxylamine groups is 2. The lowest BCUT2D eigenvalue weighted by Crippen LogP contribution is -2.34. The van der Waals surface area contributed by atoms with E-state index in [1.165, 1.54) is 0 Å². The summed E-state index contributed by atoms with van der Waals surface area (Å²) in [5.74, 6) is 0. The van der Waals surface area contributed by atoms with Crippen LogP contribution in [0.15, 0.2) is 0 Å². The van der Waals surface area contributed by atoms with E-state index in [2.05, 4.69) is 0 Å². The van der Waals surface area contributed by atoms with Gasteiger partial charge in [-0.05, 0) is 12.8 Å². The Hall–Kier alpha value is -0.770. The lowest BCUT2D eigenvalue weighted by Gasteiger charge is -2.08. The molecule has 4 nitrogen and oxygen atoms in total. The summed E-state index contributed by atoms with van der Waals surface area (Å²) >= 11 is 0. The van der Waals surface area contributed by atoms with Gasteiger partial charge in [-0.3, -0.25) is 5.21 Å². The Balaban J connectivity index is 2.32. The van der Waals surface area contributed by atoms with Gasteiger partial charge in [-0.2, -0.15) is 0 Å². The fourth-order valence-electron chi connectivity index (χ4n) is 0.499. The molecule has 0 spiro atoms. The third-order valence-electron chi connectivity index (χ3n) is 1.12. The average molecular weight is 116 g/mol. The Morgan fingerprint density at radius 1 is 1.75 bits per heavy atom. The first-order valence-electron chi connectivity index (χ1n) is 2.49. The summed E-state index contributed by atoms with van der Waals surface area (Å²) in [7, 11) is 0. The van der Waals surface area contributed by atoms with Crippen LogP contribution in [0.2, 0.25) is 0 Å². The Labute approximate surface area is 46.8 Å². The molecule has 8 heavy (non-hydrogen) atoms. The van der Waals surface area contributed by atoms with Crippen molar-refractivity contribution in [2.24, 2.45) is 5.73 Å². The van der Waals surface area contributed by atoms with E-state index in [0.717, 1.165) is 12.8 Å². The van der Waals surface area contributed by atoms with Crippen molar-refractivity contribution in [3.63, 3.8) is 0 Å². The normalized spacial score (nSPS) is 18.1. The molecule has 1 aliphatic carbocycles. The zero-order chi connectivity index (χ0) is 6.15. The summed E-state index contributed by atoms with van der Waals surface area (Å²) in [6.45, 7) is 0. The van der Waals surface area contributed by atoms with Gasteiger partial charge in [0, 0.05) is 0 Å². The van der Waals surface area contributed by atoms with Crippen LogP contribution in [-0.2, 0) is 0 Å². The molecule has 0 unspecified atom stereocenters. The second kappa shape index (κ2) is 1.63. The van der Waals surface area contributed by atoms with E-state index in [0.29, 0.717) is 5.06 Å².